The molecule has 1 N–H and O–H groups in total. The third-order valence-electron chi connectivity index (χ3n) is 7.89. The average Bonchev–Trinajstić information content (AvgIpc) is 3.47. The van der Waals surface area contributed by atoms with E-state index in [1.165, 1.54) is 51.8 Å². The molecule has 1 aromatic carbocycles. The van der Waals surface area contributed by atoms with E-state index in [2.05, 4.69) is 50.4 Å². The molecule has 0 spiro atoms. The number of carboxylic acid groups (broad SMARTS) is 1. The predicted octanol–water partition coefficient (Wildman–Crippen LogP) is 5.34. The van der Waals surface area contributed by atoms with E-state index >= 15 is 0 Å². The molecule has 1 amide bonds. The number of quaternary nitrogens is 1. The Morgan fingerprint density at radius 2 is 1.66 bits per heavy atom. The number of carbonyl (C=O) groups is 2. The van der Waals surface area contributed by atoms with E-state index in [4.69, 9.17) is 16.6 Å². The summed E-state index contributed by atoms with van der Waals surface area (Å²) in [6.45, 7) is 8.37. The maximum atomic E-state index is 13.1. The van der Waals surface area contributed by atoms with Gasteiger partial charge < -0.3 is 9.90 Å². The summed E-state index contributed by atoms with van der Waals surface area (Å²) in [5.41, 5.74) is 1.30. The van der Waals surface area contributed by atoms with Gasteiger partial charge in [0.25, 0.3) is 0 Å². The molecule has 0 radical (unpaired) electrons. The zero-order chi connectivity index (χ0) is 27.8. The van der Waals surface area contributed by atoms with Crippen LogP contribution in [-0.4, -0.2) is 52.9 Å². The summed E-state index contributed by atoms with van der Waals surface area (Å²) in [5, 5.41) is 14.4. The van der Waals surface area contributed by atoms with Crippen LogP contribution in [0, 0.1) is 0 Å². The van der Waals surface area contributed by atoms with Gasteiger partial charge in [0.05, 0.1) is 0 Å². The molecule has 1 unspecified atom stereocenters. The average molecular weight is 645 g/mol. The summed E-state index contributed by atoms with van der Waals surface area (Å²) >= 11 is 2.76. The predicted molar refractivity (Wildman–Crippen MR) is 158 cm³/mol. The fourth-order valence-electron chi connectivity index (χ4n) is 5.54. The third kappa shape index (κ3) is 6.77. The molecule has 38 heavy (non-hydrogen) atoms. The Morgan fingerprint density at radius 3 is 2.21 bits per heavy atom. The number of carboxylic acids is 1. The van der Waals surface area contributed by atoms with Crippen molar-refractivity contribution in [3.8, 4) is 11.3 Å². The van der Waals surface area contributed by atoms with Crippen molar-refractivity contribution in [1.29, 1.82) is 0 Å². The molecule has 8 heteroatoms. The van der Waals surface area contributed by atoms with Gasteiger partial charge in [0.1, 0.15) is 0 Å². The first-order chi connectivity index (χ1) is 18.2. The fourth-order valence-corrected chi connectivity index (χ4v) is 22.0. The van der Waals surface area contributed by atoms with Crippen molar-refractivity contribution in [1.82, 2.24) is 5.32 Å². The number of hydrogen-bond donors (Lipinski definition) is 1. The van der Waals surface area contributed by atoms with Crippen molar-refractivity contribution in [2.75, 3.05) is 13.1 Å². The van der Waals surface area contributed by atoms with Crippen LogP contribution in [0.4, 0.5) is 0 Å². The number of nitrogens with one attached hydrogen (secondary N) is 1. The number of amides is 1. The topological polar surface area (TPSA) is 82.4 Å². The van der Waals surface area contributed by atoms with Crippen molar-refractivity contribution >= 4 is 57.2 Å². The number of hydrogen-bond acceptors (Lipinski definition) is 5. The van der Waals surface area contributed by atoms with E-state index in [0.717, 1.165) is 11.3 Å². The van der Waals surface area contributed by atoms with Crippen LogP contribution in [0.25, 0.3) is 17.4 Å². The van der Waals surface area contributed by atoms with Crippen LogP contribution >= 0.6 is 12.2 Å². The fraction of sp³-hybridized carbons (Fsp3) is 0.500. The molecule has 0 aliphatic carbocycles. The van der Waals surface area contributed by atoms with E-state index < -0.39 is 35.4 Å². The van der Waals surface area contributed by atoms with E-state index in [0.29, 0.717) is 5.76 Å². The van der Waals surface area contributed by atoms with Gasteiger partial charge in [-0.25, -0.2) is 0 Å². The second kappa shape index (κ2) is 13.9. The molecular weight excluding hydrogens is 603 g/mol. The Labute approximate surface area is 236 Å². The van der Waals surface area contributed by atoms with Crippen LogP contribution in [0.2, 0.25) is 13.3 Å². The quantitative estimate of drug-likeness (QED) is 0.122. The molecule has 2 aromatic rings. The third-order valence-corrected chi connectivity index (χ3v) is 23.9. The molecule has 1 aliphatic heterocycles. The number of likely N-dealkylation sites (N-methyl/N-ethyl adjacent to an activating group) is 1. The van der Waals surface area contributed by atoms with Gasteiger partial charge in [-0.1, -0.05) is 0 Å². The number of rotatable bonds is 15. The first kappa shape index (κ1) is 30.6. The molecule has 0 saturated carbocycles. The SMILES string of the molecule is CCC[CH2][Sn]([CH2]CCC)([CH2]CCC)[c]1cccc(-c2ccc(C=C3NC(=S)[N+](CC)(CC(=O)[O-])C3=O)o2)c1. The minimum absolute atomic E-state index is 0.169. The first-order valence-electron chi connectivity index (χ1n) is 14.1. The van der Waals surface area contributed by atoms with Gasteiger partial charge in [-0.3, -0.25) is 0 Å². The Bertz CT molecular complexity index is 1150. The van der Waals surface area contributed by atoms with E-state index in [1.54, 1.807) is 16.6 Å². The summed E-state index contributed by atoms with van der Waals surface area (Å²) in [5.74, 6) is -0.419. The number of aliphatic carboxylic acids is 1. The standard InChI is InChI=1S/C18H15N2O4S.3C4H9.Sn/c1-2-20(11-16(21)22)17(23)14(19-18(20)25)10-13-8-9-15(24-13)12-6-4-3-5-7-12;3*1-3-4-2;/h3-4,6-10H,2,11H2,1H3,(H-,19,21,22,25);3*1,3-4H2,2H3;. The summed E-state index contributed by atoms with van der Waals surface area (Å²) < 4.78 is 11.5. The van der Waals surface area contributed by atoms with Gasteiger partial charge in [0.2, 0.25) is 0 Å². The van der Waals surface area contributed by atoms with Crippen molar-refractivity contribution in [2.24, 2.45) is 0 Å². The van der Waals surface area contributed by atoms with Crippen LogP contribution in [-0.2, 0) is 9.59 Å². The molecule has 206 valence electrons. The minimum atomic E-state index is -2.58. The number of unbranched alkanes of at least 4 members (excludes halogenated alkanes) is 3. The van der Waals surface area contributed by atoms with Crippen molar-refractivity contribution in [3.05, 3.63) is 47.9 Å². The van der Waals surface area contributed by atoms with E-state index in [-0.39, 0.29) is 23.3 Å². The summed E-state index contributed by atoms with van der Waals surface area (Å²) in [6.07, 6.45) is 9.26. The monoisotopic (exact) mass is 646 g/mol. The number of carbonyl (C=O) groups excluding carboxylic acids is 2. The van der Waals surface area contributed by atoms with Gasteiger partial charge in [0.15, 0.2) is 0 Å². The van der Waals surface area contributed by atoms with Crippen LogP contribution in [0.3, 0.4) is 0 Å². The molecule has 1 aromatic heterocycles. The van der Waals surface area contributed by atoms with Crippen LogP contribution in [0.5, 0.6) is 0 Å². The molecule has 1 aliphatic rings. The molecule has 1 atom stereocenters. The van der Waals surface area contributed by atoms with Gasteiger partial charge in [-0.2, -0.15) is 0 Å². The van der Waals surface area contributed by atoms with E-state index in [9.17, 15) is 14.7 Å². The van der Waals surface area contributed by atoms with Gasteiger partial charge in [0, 0.05) is 0 Å². The first-order valence-corrected chi connectivity index (χ1v) is 22.0. The second-order valence-electron chi connectivity index (χ2n) is 10.5. The summed E-state index contributed by atoms with van der Waals surface area (Å²) in [7, 11) is 0. The van der Waals surface area contributed by atoms with Gasteiger partial charge >= 0.3 is 228 Å². The van der Waals surface area contributed by atoms with Crippen molar-refractivity contribution in [2.45, 2.75) is 79.5 Å². The van der Waals surface area contributed by atoms with Crippen molar-refractivity contribution < 1.29 is 23.6 Å². The molecule has 2 heterocycles. The molecule has 1 fully saturated rings. The summed E-state index contributed by atoms with van der Waals surface area (Å²) in [4.78, 5) is 24.4. The Balaban J connectivity index is 1.92. The maximum absolute atomic E-state index is 13.1. The van der Waals surface area contributed by atoms with Crippen LogP contribution in [0.1, 0.15) is 72.0 Å². The zero-order valence-corrected chi connectivity index (χ0v) is 27.0. The summed E-state index contributed by atoms with van der Waals surface area (Å²) in [6, 6.07) is 12.8. The number of thiocarbonyl (C=S) groups is 1. The van der Waals surface area contributed by atoms with Crippen molar-refractivity contribution in [3.63, 3.8) is 0 Å². The Hall–Kier alpha value is -1.97. The Kier molecular flexibility index (Phi) is 11.2. The number of furan rings is 1. The molecule has 3 rings (SSSR count). The number of benzene rings is 1. The van der Waals surface area contributed by atoms with Crippen LogP contribution < -0.4 is 14.0 Å². The van der Waals surface area contributed by atoms with E-state index in [1.807, 2.05) is 12.1 Å². The zero-order valence-electron chi connectivity index (χ0n) is 23.3. The normalized spacial score (nSPS) is 18.8. The molecule has 6 nitrogen and oxygen atoms in total. The molecule has 0 bridgehead atoms. The van der Waals surface area contributed by atoms with Gasteiger partial charge in [-0.15, -0.1) is 0 Å². The van der Waals surface area contributed by atoms with Gasteiger partial charge in [-0.05, 0) is 0 Å². The second-order valence-corrected chi connectivity index (χ2v) is 24.1. The molecule has 1 saturated heterocycles. The molecular formula is C30H42N2O4SSn. The Morgan fingerprint density at radius 1 is 1.03 bits per heavy atom. The number of nitrogens with zero attached hydrogens (tertiary/aromatic N) is 1. The van der Waals surface area contributed by atoms with Crippen LogP contribution in [0.15, 0.2) is 46.5 Å².